The molecular weight excluding hydrogens is 226 g/mol. The van der Waals surface area contributed by atoms with Crippen molar-refractivity contribution in [3.8, 4) is 5.75 Å². The van der Waals surface area contributed by atoms with Gasteiger partial charge in [-0.05, 0) is 52.2 Å². The highest BCUT2D eigenvalue weighted by Gasteiger charge is 2.10. The molecule has 0 aliphatic heterocycles. The molecule has 0 bridgehead atoms. The van der Waals surface area contributed by atoms with Gasteiger partial charge in [-0.15, -0.1) is 0 Å². The molecule has 1 aromatic rings. The maximum atomic E-state index is 5.62. The van der Waals surface area contributed by atoms with Gasteiger partial charge >= 0.3 is 0 Å². The van der Waals surface area contributed by atoms with Crippen molar-refractivity contribution >= 4 is 0 Å². The van der Waals surface area contributed by atoms with E-state index in [1.807, 2.05) is 13.2 Å². The van der Waals surface area contributed by atoms with Crippen molar-refractivity contribution in [1.29, 1.82) is 0 Å². The molecule has 0 amide bonds. The Kier molecular flexibility index (Phi) is 6.68. The van der Waals surface area contributed by atoms with Crippen molar-refractivity contribution in [1.82, 2.24) is 15.2 Å². The Morgan fingerprint density at radius 1 is 1.39 bits per heavy atom. The van der Waals surface area contributed by atoms with Crippen LogP contribution in [0.4, 0.5) is 0 Å². The summed E-state index contributed by atoms with van der Waals surface area (Å²) in [6.07, 6.45) is 5.76. The van der Waals surface area contributed by atoms with Crippen LogP contribution in [-0.4, -0.2) is 44.2 Å². The number of nitrogens with zero attached hydrogens (tertiary/aromatic N) is 2. The summed E-state index contributed by atoms with van der Waals surface area (Å²) < 4.78 is 5.62. The number of hydrogen-bond donors (Lipinski definition) is 1. The third-order valence-corrected chi connectivity index (χ3v) is 2.82. The predicted molar refractivity (Wildman–Crippen MR) is 75.0 cm³/mol. The summed E-state index contributed by atoms with van der Waals surface area (Å²) in [6.45, 7) is 3.89. The molecule has 1 atom stereocenters. The molecule has 0 radical (unpaired) electrons. The highest BCUT2D eigenvalue weighted by Crippen LogP contribution is 2.20. The zero-order valence-electron chi connectivity index (χ0n) is 11.9. The van der Waals surface area contributed by atoms with E-state index in [1.165, 1.54) is 5.56 Å². The van der Waals surface area contributed by atoms with Crippen molar-refractivity contribution in [2.24, 2.45) is 0 Å². The Bertz CT molecular complexity index is 342. The van der Waals surface area contributed by atoms with E-state index in [9.17, 15) is 0 Å². The summed E-state index contributed by atoms with van der Waals surface area (Å²) >= 11 is 0. The van der Waals surface area contributed by atoms with E-state index >= 15 is 0 Å². The summed E-state index contributed by atoms with van der Waals surface area (Å²) in [4.78, 5) is 6.44. The van der Waals surface area contributed by atoms with E-state index in [1.54, 1.807) is 6.20 Å². The fourth-order valence-corrected chi connectivity index (χ4v) is 1.79. The summed E-state index contributed by atoms with van der Waals surface area (Å²) in [5, 5.41) is 3.33. The fourth-order valence-electron chi connectivity index (χ4n) is 1.79. The lowest BCUT2D eigenvalue weighted by Gasteiger charge is -2.19. The first-order valence-corrected chi connectivity index (χ1v) is 6.57. The van der Waals surface area contributed by atoms with Gasteiger partial charge in [0.25, 0.3) is 0 Å². The Morgan fingerprint density at radius 2 is 2.17 bits per heavy atom. The van der Waals surface area contributed by atoms with Gasteiger partial charge in [-0.25, -0.2) is 0 Å². The van der Waals surface area contributed by atoms with Crippen LogP contribution in [0.5, 0.6) is 5.75 Å². The van der Waals surface area contributed by atoms with Crippen LogP contribution in [0, 0.1) is 0 Å². The van der Waals surface area contributed by atoms with E-state index in [0.717, 1.165) is 31.7 Å². The lowest BCUT2D eigenvalue weighted by atomic mass is 10.1. The molecule has 1 unspecified atom stereocenters. The molecular formula is C14H25N3O. The van der Waals surface area contributed by atoms with Gasteiger partial charge in [0, 0.05) is 12.2 Å². The van der Waals surface area contributed by atoms with Crippen molar-refractivity contribution in [3.63, 3.8) is 0 Å². The topological polar surface area (TPSA) is 37.4 Å². The Labute approximate surface area is 110 Å². The van der Waals surface area contributed by atoms with Crippen LogP contribution >= 0.6 is 0 Å². The number of hydrogen-bond acceptors (Lipinski definition) is 4. The van der Waals surface area contributed by atoms with Crippen LogP contribution in [0.3, 0.4) is 0 Å². The van der Waals surface area contributed by atoms with Crippen LogP contribution in [0.15, 0.2) is 18.5 Å². The highest BCUT2D eigenvalue weighted by molar-refractivity contribution is 5.26. The Morgan fingerprint density at radius 3 is 2.78 bits per heavy atom. The molecule has 0 spiro atoms. The largest absolute Gasteiger partial charge is 0.492 e. The summed E-state index contributed by atoms with van der Waals surface area (Å²) in [7, 11) is 6.16. The molecule has 4 nitrogen and oxygen atoms in total. The molecule has 102 valence electrons. The second-order valence-electron chi connectivity index (χ2n) is 4.74. The van der Waals surface area contributed by atoms with E-state index in [2.05, 4.69) is 42.3 Å². The number of nitrogens with one attached hydrogen (secondary N) is 1. The second kappa shape index (κ2) is 8.06. The monoisotopic (exact) mass is 251 g/mol. The zero-order valence-corrected chi connectivity index (χ0v) is 11.9. The second-order valence-corrected chi connectivity index (χ2v) is 4.74. The van der Waals surface area contributed by atoms with Crippen molar-refractivity contribution < 1.29 is 4.74 Å². The van der Waals surface area contributed by atoms with Crippen LogP contribution < -0.4 is 10.1 Å². The van der Waals surface area contributed by atoms with Crippen LogP contribution in [0.2, 0.25) is 0 Å². The number of pyridine rings is 1. The predicted octanol–water partition coefficient (Wildman–Crippen LogP) is 2.08. The number of aromatic nitrogens is 1. The van der Waals surface area contributed by atoms with E-state index in [-0.39, 0.29) is 0 Å². The molecule has 0 saturated carbocycles. The number of rotatable bonds is 8. The first-order valence-electron chi connectivity index (χ1n) is 6.57. The van der Waals surface area contributed by atoms with Crippen LogP contribution in [0.1, 0.15) is 31.4 Å². The lowest BCUT2D eigenvalue weighted by Crippen LogP contribution is -2.23. The van der Waals surface area contributed by atoms with Gasteiger partial charge in [0.2, 0.25) is 0 Å². The van der Waals surface area contributed by atoms with Gasteiger partial charge in [0.05, 0.1) is 12.8 Å². The Hall–Kier alpha value is -1.13. The third-order valence-electron chi connectivity index (χ3n) is 2.82. The summed E-state index contributed by atoms with van der Waals surface area (Å²) in [6, 6.07) is 2.41. The Balaban J connectivity index is 2.66. The molecule has 4 heteroatoms. The summed E-state index contributed by atoms with van der Waals surface area (Å²) in [5.41, 5.74) is 1.19. The molecule has 1 rings (SSSR count). The average Bonchev–Trinajstić information content (AvgIpc) is 2.37. The average molecular weight is 251 g/mol. The van der Waals surface area contributed by atoms with Gasteiger partial charge in [0.15, 0.2) is 0 Å². The van der Waals surface area contributed by atoms with Crippen LogP contribution in [0.25, 0.3) is 0 Å². The minimum Gasteiger partial charge on any atom is -0.492 e. The maximum absolute atomic E-state index is 5.62. The smallest absolute Gasteiger partial charge is 0.137 e. The van der Waals surface area contributed by atoms with Gasteiger partial charge in [0.1, 0.15) is 5.75 Å². The van der Waals surface area contributed by atoms with Gasteiger partial charge in [-0.1, -0.05) is 6.92 Å². The number of ether oxygens (including phenoxy) is 1. The fraction of sp³-hybridized carbons (Fsp3) is 0.643. The zero-order chi connectivity index (χ0) is 13.4. The lowest BCUT2D eigenvalue weighted by molar-refractivity contribution is 0.315. The standard InChI is InChI=1S/C14H25N3O/c1-5-8-18-13-9-12(10-16-11-13)14(15-2)6-7-17(3)4/h9-11,14-15H,5-8H2,1-4H3. The molecule has 0 saturated heterocycles. The minimum atomic E-state index is 0.324. The van der Waals surface area contributed by atoms with Gasteiger partial charge in [-0.2, -0.15) is 0 Å². The molecule has 1 aromatic heterocycles. The molecule has 0 aromatic carbocycles. The normalized spacial score (nSPS) is 12.7. The molecule has 0 aliphatic carbocycles. The molecule has 1 heterocycles. The van der Waals surface area contributed by atoms with Crippen LogP contribution in [-0.2, 0) is 0 Å². The quantitative estimate of drug-likeness (QED) is 0.767. The molecule has 0 fully saturated rings. The van der Waals surface area contributed by atoms with E-state index in [0.29, 0.717) is 6.04 Å². The molecule has 18 heavy (non-hydrogen) atoms. The van der Waals surface area contributed by atoms with Crippen molar-refractivity contribution in [3.05, 3.63) is 24.0 Å². The summed E-state index contributed by atoms with van der Waals surface area (Å²) in [5.74, 6) is 0.861. The van der Waals surface area contributed by atoms with Gasteiger partial charge in [-0.3, -0.25) is 4.98 Å². The maximum Gasteiger partial charge on any atom is 0.137 e. The molecule has 0 aliphatic rings. The first kappa shape index (κ1) is 14.9. The third kappa shape index (κ3) is 5.02. The van der Waals surface area contributed by atoms with Crippen molar-refractivity contribution in [2.75, 3.05) is 34.3 Å². The highest BCUT2D eigenvalue weighted by atomic mass is 16.5. The van der Waals surface area contributed by atoms with Gasteiger partial charge < -0.3 is 15.0 Å². The van der Waals surface area contributed by atoms with E-state index < -0.39 is 0 Å². The molecule has 1 N–H and O–H groups in total. The minimum absolute atomic E-state index is 0.324. The SMILES string of the molecule is CCCOc1cncc(C(CCN(C)C)NC)c1. The van der Waals surface area contributed by atoms with Crippen molar-refractivity contribution in [2.45, 2.75) is 25.8 Å². The first-order chi connectivity index (χ1) is 8.67. The van der Waals surface area contributed by atoms with E-state index in [4.69, 9.17) is 4.74 Å².